The third-order valence-corrected chi connectivity index (χ3v) is 2.43. The Bertz CT molecular complexity index is 401. The van der Waals surface area contributed by atoms with Gasteiger partial charge < -0.3 is 10.2 Å². The van der Waals surface area contributed by atoms with Crippen molar-refractivity contribution in [1.29, 1.82) is 0 Å². The fourth-order valence-electron chi connectivity index (χ4n) is 1.53. The number of amides is 2. The van der Waals surface area contributed by atoms with E-state index in [2.05, 4.69) is 30.5 Å². The Morgan fingerprint density at radius 3 is 2.83 bits per heavy atom. The SMILES string of the molecule is O=C(NCc1cn[nH]n1)OOC(=O)N1CCCC1. The molecule has 1 aromatic heterocycles. The summed E-state index contributed by atoms with van der Waals surface area (Å²) in [5.41, 5.74) is 0.540. The quantitative estimate of drug-likeness (QED) is 0.576. The molecule has 0 aliphatic carbocycles. The van der Waals surface area contributed by atoms with Crippen LogP contribution >= 0.6 is 0 Å². The van der Waals surface area contributed by atoms with Crippen LogP contribution < -0.4 is 5.32 Å². The Kier molecular flexibility index (Phi) is 3.94. The number of nitrogens with one attached hydrogen (secondary N) is 2. The van der Waals surface area contributed by atoms with Gasteiger partial charge in [-0.15, -0.1) is 0 Å². The summed E-state index contributed by atoms with van der Waals surface area (Å²) in [5, 5.41) is 12.0. The van der Waals surface area contributed by atoms with Crippen molar-refractivity contribution in [2.45, 2.75) is 19.4 Å². The van der Waals surface area contributed by atoms with Crippen molar-refractivity contribution in [3.05, 3.63) is 11.9 Å². The molecule has 0 bridgehead atoms. The number of likely N-dealkylation sites (tertiary alicyclic amines) is 1. The van der Waals surface area contributed by atoms with Crippen LogP contribution in [0.3, 0.4) is 0 Å². The summed E-state index contributed by atoms with van der Waals surface area (Å²) in [5.74, 6) is 0. The predicted octanol–water partition coefficient (Wildman–Crippen LogP) is 0.178. The molecule has 9 nitrogen and oxygen atoms in total. The van der Waals surface area contributed by atoms with Crippen LogP contribution in [-0.2, 0) is 16.3 Å². The zero-order chi connectivity index (χ0) is 12.8. The maximum absolute atomic E-state index is 11.4. The second-order valence-electron chi connectivity index (χ2n) is 3.73. The van der Waals surface area contributed by atoms with Crippen molar-refractivity contribution in [1.82, 2.24) is 25.6 Å². The summed E-state index contributed by atoms with van der Waals surface area (Å²) < 4.78 is 0. The summed E-state index contributed by atoms with van der Waals surface area (Å²) in [7, 11) is 0. The maximum Gasteiger partial charge on any atom is 0.453 e. The van der Waals surface area contributed by atoms with Gasteiger partial charge in [-0.25, -0.2) is 19.4 Å². The van der Waals surface area contributed by atoms with E-state index < -0.39 is 12.2 Å². The lowest BCUT2D eigenvalue weighted by molar-refractivity contribution is -0.187. The molecule has 2 amide bonds. The van der Waals surface area contributed by atoms with Crippen molar-refractivity contribution < 1.29 is 19.4 Å². The molecule has 1 saturated heterocycles. The number of nitrogens with zero attached hydrogens (tertiary/aromatic N) is 3. The van der Waals surface area contributed by atoms with E-state index in [0.29, 0.717) is 18.8 Å². The fourth-order valence-corrected chi connectivity index (χ4v) is 1.53. The topological polar surface area (TPSA) is 109 Å². The predicted molar refractivity (Wildman–Crippen MR) is 57.0 cm³/mol. The van der Waals surface area contributed by atoms with E-state index in [1.165, 1.54) is 11.1 Å². The molecule has 2 rings (SSSR count). The van der Waals surface area contributed by atoms with E-state index in [9.17, 15) is 9.59 Å². The summed E-state index contributed by atoms with van der Waals surface area (Å²) in [4.78, 5) is 32.7. The average Bonchev–Trinajstić information content (AvgIpc) is 3.05. The van der Waals surface area contributed by atoms with Gasteiger partial charge >= 0.3 is 12.2 Å². The molecular weight excluding hydrogens is 242 g/mol. The molecular formula is C9H13N5O4. The third-order valence-electron chi connectivity index (χ3n) is 2.43. The average molecular weight is 255 g/mol. The number of carbonyl (C=O) groups excluding carboxylic acids is 2. The molecule has 0 atom stereocenters. The Hall–Kier alpha value is -2.32. The molecule has 0 unspecified atom stereocenters. The second-order valence-corrected chi connectivity index (χ2v) is 3.73. The minimum Gasteiger partial charge on any atom is -0.313 e. The lowest BCUT2D eigenvalue weighted by Crippen LogP contribution is -2.31. The second kappa shape index (κ2) is 5.84. The molecule has 98 valence electrons. The number of hydrogen-bond donors (Lipinski definition) is 2. The fraction of sp³-hybridized carbons (Fsp3) is 0.556. The van der Waals surface area contributed by atoms with Crippen molar-refractivity contribution in [2.24, 2.45) is 0 Å². The number of H-pyrrole nitrogens is 1. The van der Waals surface area contributed by atoms with Gasteiger partial charge in [-0.3, -0.25) is 0 Å². The monoisotopic (exact) mass is 255 g/mol. The van der Waals surface area contributed by atoms with Gasteiger partial charge in [0.2, 0.25) is 0 Å². The van der Waals surface area contributed by atoms with Crippen molar-refractivity contribution in [3.63, 3.8) is 0 Å². The smallest absolute Gasteiger partial charge is 0.313 e. The van der Waals surface area contributed by atoms with Crippen LogP contribution in [0.5, 0.6) is 0 Å². The number of carbonyl (C=O) groups is 2. The Labute approximate surface area is 102 Å². The van der Waals surface area contributed by atoms with E-state index >= 15 is 0 Å². The van der Waals surface area contributed by atoms with E-state index in [4.69, 9.17) is 0 Å². The highest BCUT2D eigenvalue weighted by molar-refractivity contribution is 5.70. The Morgan fingerprint density at radius 2 is 2.17 bits per heavy atom. The number of aromatic amines is 1. The van der Waals surface area contributed by atoms with Gasteiger partial charge in [-0.05, 0) is 12.8 Å². The van der Waals surface area contributed by atoms with Gasteiger partial charge in [0, 0.05) is 13.1 Å². The highest BCUT2D eigenvalue weighted by Gasteiger charge is 2.21. The first-order valence-corrected chi connectivity index (χ1v) is 5.51. The number of hydrogen-bond acceptors (Lipinski definition) is 6. The molecule has 18 heavy (non-hydrogen) atoms. The van der Waals surface area contributed by atoms with Crippen molar-refractivity contribution >= 4 is 12.2 Å². The summed E-state index contributed by atoms with van der Waals surface area (Å²) >= 11 is 0. The molecule has 9 heteroatoms. The minimum absolute atomic E-state index is 0.136. The number of aromatic nitrogens is 3. The first kappa shape index (κ1) is 12.1. The summed E-state index contributed by atoms with van der Waals surface area (Å²) in [6.45, 7) is 1.39. The molecule has 1 aliphatic heterocycles. The molecule has 2 N–H and O–H groups in total. The van der Waals surface area contributed by atoms with Crippen LogP contribution in [0.25, 0.3) is 0 Å². The normalized spacial score (nSPS) is 14.3. The third kappa shape index (κ3) is 3.34. The molecule has 1 aliphatic rings. The molecule has 0 saturated carbocycles. The van der Waals surface area contributed by atoms with Gasteiger partial charge in [0.05, 0.1) is 12.7 Å². The first-order valence-electron chi connectivity index (χ1n) is 5.51. The lowest BCUT2D eigenvalue weighted by Gasteiger charge is -2.12. The first-order chi connectivity index (χ1) is 8.75. The molecule has 0 radical (unpaired) electrons. The largest absolute Gasteiger partial charge is 0.453 e. The van der Waals surface area contributed by atoms with E-state index in [-0.39, 0.29) is 6.54 Å². The molecule has 0 spiro atoms. The van der Waals surface area contributed by atoms with Gasteiger partial charge in [0.15, 0.2) is 0 Å². The maximum atomic E-state index is 11.4. The van der Waals surface area contributed by atoms with Crippen molar-refractivity contribution in [3.8, 4) is 0 Å². The van der Waals surface area contributed by atoms with Crippen LogP contribution in [0.2, 0.25) is 0 Å². The van der Waals surface area contributed by atoms with E-state index in [1.54, 1.807) is 0 Å². The van der Waals surface area contributed by atoms with Crippen LogP contribution in [-0.4, -0.2) is 45.6 Å². The van der Waals surface area contributed by atoms with Gasteiger partial charge in [-0.1, -0.05) is 0 Å². The van der Waals surface area contributed by atoms with Crippen LogP contribution in [0.4, 0.5) is 9.59 Å². The summed E-state index contributed by atoms with van der Waals surface area (Å²) in [6.07, 6.45) is 1.83. The standard InChI is InChI=1S/C9H13N5O4/c15-8(10-5-7-6-11-13-12-7)17-18-9(16)14-3-1-2-4-14/h6H,1-5H2,(H,10,15)(H,11,12,13). The Balaban J connectivity index is 1.63. The minimum atomic E-state index is -0.856. The van der Waals surface area contributed by atoms with E-state index in [0.717, 1.165) is 12.8 Å². The van der Waals surface area contributed by atoms with Gasteiger partial charge in [0.1, 0.15) is 5.69 Å². The highest BCUT2D eigenvalue weighted by atomic mass is 17.2. The Morgan fingerprint density at radius 1 is 1.39 bits per heavy atom. The lowest BCUT2D eigenvalue weighted by atomic mass is 10.4. The van der Waals surface area contributed by atoms with E-state index in [1.807, 2.05) is 0 Å². The zero-order valence-corrected chi connectivity index (χ0v) is 9.59. The summed E-state index contributed by atoms with van der Waals surface area (Å²) in [6, 6.07) is 0. The zero-order valence-electron chi connectivity index (χ0n) is 9.59. The molecule has 1 aromatic rings. The molecule has 2 heterocycles. The number of rotatable bonds is 2. The van der Waals surface area contributed by atoms with Crippen LogP contribution in [0.15, 0.2) is 6.20 Å². The van der Waals surface area contributed by atoms with Crippen LogP contribution in [0.1, 0.15) is 18.5 Å². The highest BCUT2D eigenvalue weighted by Crippen LogP contribution is 2.08. The molecule has 0 aromatic carbocycles. The van der Waals surface area contributed by atoms with Gasteiger partial charge in [0.25, 0.3) is 0 Å². The molecule has 1 fully saturated rings. The van der Waals surface area contributed by atoms with Crippen molar-refractivity contribution in [2.75, 3.05) is 13.1 Å². The van der Waals surface area contributed by atoms with Gasteiger partial charge in [-0.2, -0.15) is 15.4 Å². The van der Waals surface area contributed by atoms with Crippen LogP contribution in [0, 0.1) is 0 Å².